The van der Waals surface area contributed by atoms with Gasteiger partial charge in [-0.1, -0.05) is 36.4 Å². The molecule has 4 heteroatoms. The molecule has 0 N–H and O–H groups in total. The Balaban J connectivity index is 2.08. The lowest BCUT2D eigenvalue weighted by Gasteiger charge is -2.37. The van der Waals surface area contributed by atoms with E-state index < -0.39 is 6.42 Å². The van der Waals surface area contributed by atoms with Crippen LogP contribution in [0.4, 0.5) is 0 Å². The van der Waals surface area contributed by atoms with Crippen molar-refractivity contribution < 1.29 is 4.52 Å². The molecule has 0 aliphatic carbocycles. The minimum absolute atomic E-state index is 0.850. The Hall–Kier alpha value is -1.15. The topological polar surface area (TPSA) is 12.5 Å². The standard InChI is InChI=1S/C14H14NOPS/c1-15-11-12-7-5-6-10-14(12)16-17(15,18)13-8-3-2-4-9-13/h2-10H,11H2,1H3. The molecule has 0 saturated heterocycles. The fourth-order valence-corrected chi connectivity index (χ4v) is 4.88. The van der Waals surface area contributed by atoms with E-state index in [-0.39, 0.29) is 0 Å². The predicted octanol–water partition coefficient (Wildman–Crippen LogP) is 3.15. The zero-order chi connectivity index (χ0) is 12.6. The summed E-state index contributed by atoms with van der Waals surface area (Å²) in [6.07, 6.45) is -2.12. The van der Waals surface area contributed by atoms with Gasteiger partial charge in [0.05, 0.1) is 0 Å². The quantitative estimate of drug-likeness (QED) is 0.742. The molecule has 2 nitrogen and oxygen atoms in total. The maximum Gasteiger partial charge on any atom is 0.210 e. The van der Waals surface area contributed by atoms with Crippen LogP contribution >= 0.6 is 6.42 Å². The van der Waals surface area contributed by atoms with E-state index in [9.17, 15) is 0 Å². The first-order valence-corrected chi connectivity index (χ1v) is 8.52. The van der Waals surface area contributed by atoms with E-state index in [4.69, 9.17) is 16.3 Å². The zero-order valence-corrected chi connectivity index (χ0v) is 11.8. The van der Waals surface area contributed by atoms with E-state index in [1.54, 1.807) is 0 Å². The molecule has 2 aromatic rings. The van der Waals surface area contributed by atoms with Crippen molar-refractivity contribution in [3.05, 3.63) is 60.2 Å². The maximum atomic E-state index is 6.17. The third kappa shape index (κ3) is 1.89. The Labute approximate surface area is 112 Å². The van der Waals surface area contributed by atoms with Crippen molar-refractivity contribution in [2.75, 3.05) is 7.05 Å². The van der Waals surface area contributed by atoms with Gasteiger partial charge in [0.15, 0.2) is 0 Å². The number of rotatable bonds is 1. The minimum atomic E-state index is -2.12. The van der Waals surface area contributed by atoms with E-state index in [1.807, 2.05) is 43.4 Å². The van der Waals surface area contributed by atoms with Crippen LogP contribution in [0.2, 0.25) is 0 Å². The number of hydrogen-bond donors (Lipinski definition) is 0. The summed E-state index contributed by atoms with van der Waals surface area (Å²) in [6, 6.07) is 18.3. The predicted molar refractivity (Wildman–Crippen MR) is 78.9 cm³/mol. The number of nitrogens with zero attached hydrogens (tertiary/aromatic N) is 1. The van der Waals surface area contributed by atoms with Crippen LogP contribution in [0.3, 0.4) is 0 Å². The Morgan fingerprint density at radius 1 is 1.06 bits per heavy atom. The first-order chi connectivity index (χ1) is 8.70. The van der Waals surface area contributed by atoms with Gasteiger partial charge in [-0.3, -0.25) is 0 Å². The Bertz CT molecular complexity index is 614. The van der Waals surface area contributed by atoms with Gasteiger partial charge in [-0.2, -0.15) is 0 Å². The molecule has 0 fully saturated rings. The van der Waals surface area contributed by atoms with E-state index in [0.29, 0.717) is 0 Å². The highest BCUT2D eigenvalue weighted by Gasteiger charge is 2.32. The van der Waals surface area contributed by atoms with E-state index in [2.05, 4.69) is 22.9 Å². The molecule has 0 aromatic heterocycles. The zero-order valence-electron chi connectivity index (χ0n) is 10.1. The van der Waals surface area contributed by atoms with Gasteiger partial charge >= 0.3 is 0 Å². The fraction of sp³-hybridized carbons (Fsp3) is 0.143. The van der Waals surface area contributed by atoms with Gasteiger partial charge in [-0.15, -0.1) is 0 Å². The number of para-hydroxylation sites is 1. The lowest BCUT2D eigenvalue weighted by atomic mass is 10.2. The molecule has 92 valence electrons. The van der Waals surface area contributed by atoms with Crippen molar-refractivity contribution in [1.82, 2.24) is 4.67 Å². The summed E-state index contributed by atoms with van der Waals surface area (Å²) in [5, 5.41) is 1.11. The highest BCUT2D eigenvalue weighted by molar-refractivity contribution is 8.14. The van der Waals surface area contributed by atoms with Crippen molar-refractivity contribution >= 4 is 23.5 Å². The fourth-order valence-electron chi connectivity index (χ4n) is 2.13. The highest BCUT2D eigenvalue weighted by atomic mass is 32.4. The second-order valence-corrected chi connectivity index (χ2v) is 8.28. The third-order valence-electron chi connectivity index (χ3n) is 3.13. The summed E-state index contributed by atoms with van der Waals surface area (Å²) in [7, 11) is 2.05. The third-order valence-corrected chi connectivity index (χ3v) is 7.25. The summed E-state index contributed by atoms with van der Waals surface area (Å²) < 4.78 is 8.34. The van der Waals surface area contributed by atoms with Crippen molar-refractivity contribution in [3.8, 4) is 5.75 Å². The molecule has 0 radical (unpaired) electrons. The van der Waals surface area contributed by atoms with Crippen LogP contribution in [0.1, 0.15) is 5.56 Å². The SMILES string of the molecule is CN1Cc2ccccc2OP1(=S)c1ccccc1. The highest BCUT2D eigenvalue weighted by Crippen LogP contribution is 2.54. The molecule has 2 aromatic carbocycles. The summed E-state index contributed by atoms with van der Waals surface area (Å²) in [5.74, 6) is 0.933. The summed E-state index contributed by atoms with van der Waals surface area (Å²) >= 11 is 5.83. The van der Waals surface area contributed by atoms with Gasteiger partial charge in [0.1, 0.15) is 5.75 Å². The molecular weight excluding hydrogens is 261 g/mol. The van der Waals surface area contributed by atoms with Crippen molar-refractivity contribution in [1.29, 1.82) is 0 Å². The number of benzene rings is 2. The molecular formula is C14H14NOPS. The summed E-state index contributed by atoms with van der Waals surface area (Å²) in [4.78, 5) is 0. The molecule has 1 atom stereocenters. The van der Waals surface area contributed by atoms with Crippen LogP contribution in [0, 0.1) is 0 Å². The molecule has 18 heavy (non-hydrogen) atoms. The van der Waals surface area contributed by atoms with Crippen LogP contribution in [0.15, 0.2) is 54.6 Å². The molecule has 0 amide bonds. The molecule has 0 bridgehead atoms. The van der Waals surface area contributed by atoms with Crippen LogP contribution in [-0.4, -0.2) is 11.7 Å². The van der Waals surface area contributed by atoms with Gasteiger partial charge in [-0.25, -0.2) is 4.67 Å². The van der Waals surface area contributed by atoms with Crippen LogP contribution in [-0.2, 0) is 18.4 Å². The largest absolute Gasteiger partial charge is 0.449 e. The smallest absolute Gasteiger partial charge is 0.210 e. The second kappa shape index (κ2) is 4.51. The Morgan fingerprint density at radius 3 is 2.50 bits per heavy atom. The Kier molecular flexibility index (Phi) is 2.98. The van der Waals surface area contributed by atoms with Gasteiger partial charge < -0.3 is 4.52 Å². The average Bonchev–Trinajstić information content (AvgIpc) is 2.41. The average molecular weight is 275 g/mol. The van der Waals surface area contributed by atoms with Gasteiger partial charge in [-0.05, 0) is 37.1 Å². The number of fused-ring (bicyclic) bond motifs is 1. The van der Waals surface area contributed by atoms with E-state index >= 15 is 0 Å². The lowest BCUT2D eigenvalue weighted by molar-refractivity contribution is 0.435. The van der Waals surface area contributed by atoms with Gasteiger partial charge in [0.2, 0.25) is 6.42 Å². The van der Waals surface area contributed by atoms with Crippen molar-refractivity contribution in [3.63, 3.8) is 0 Å². The molecule has 0 saturated carbocycles. The van der Waals surface area contributed by atoms with Crippen LogP contribution < -0.4 is 9.83 Å². The Morgan fingerprint density at radius 2 is 1.72 bits per heavy atom. The van der Waals surface area contributed by atoms with Gasteiger partial charge in [0.25, 0.3) is 0 Å². The minimum Gasteiger partial charge on any atom is -0.449 e. The first kappa shape index (κ1) is 11.9. The monoisotopic (exact) mass is 275 g/mol. The van der Waals surface area contributed by atoms with Crippen LogP contribution in [0.5, 0.6) is 5.75 Å². The van der Waals surface area contributed by atoms with Crippen LogP contribution in [0.25, 0.3) is 0 Å². The van der Waals surface area contributed by atoms with E-state index in [1.165, 1.54) is 5.56 Å². The van der Waals surface area contributed by atoms with E-state index in [0.717, 1.165) is 17.6 Å². The molecule has 1 aliphatic heterocycles. The van der Waals surface area contributed by atoms with Crippen molar-refractivity contribution in [2.45, 2.75) is 6.54 Å². The summed E-state index contributed by atoms with van der Waals surface area (Å²) in [6.45, 7) is 0.850. The normalized spacial score (nSPS) is 23.2. The molecule has 1 unspecified atom stereocenters. The number of hydrogen-bond acceptors (Lipinski definition) is 2. The molecule has 0 spiro atoms. The first-order valence-electron chi connectivity index (χ1n) is 5.85. The second-order valence-electron chi connectivity index (χ2n) is 4.37. The van der Waals surface area contributed by atoms with Gasteiger partial charge in [0, 0.05) is 17.4 Å². The lowest BCUT2D eigenvalue weighted by Crippen LogP contribution is -2.29. The molecule has 1 heterocycles. The molecule has 3 rings (SSSR count). The maximum absolute atomic E-state index is 6.17. The molecule has 1 aliphatic rings. The van der Waals surface area contributed by atoms with Crippen molar-refractivity contribution in [2.24, 2.45) is 0 Å². The summed E-state index contributed by atoms with van der Waals surface area (Å²) in [5.41, 5.74) is 1.21.